The molecule has 0 aliphatic carbocycles. The van der Waals surface area contributed by atoms with E-state index in [9.17, 15) is 0 Å². The van der Waals surface area contributed by atoms with Crippen molar-refractivity contribution in [2.24, 2.45) is 0 Å². The Labute approximate surface area is 69.0 Å². The van der Waals surface area contributed by atoms with Crippen molar-refractivity contribution in [2.75, 3.05) is 6.26 Å². The number of hydrogen-bond donors (Lipinski definition) is 0. The van der Waals surface area contributed by atoms with Crippen LogP contribution in [0.1, 0.15) is 5.69 Å². The fourth-order valence-corrected chi connectivity index (χ4v) is 1.39. The van der Waals surface area contributed by atoms with Crippen LogP contribution >= 0.6 is 23.4 Å². The minimum absolute atomic E-state index is 0.662. The summed E-state index contributed by atoms with van der Waals surface area (Å²) >= 11 is 7.37. The minimum Gasteiger partial charge on any atom is -0.240 e. The molecular formula is C6H7ClN2S. The molecule has 0 aliphatic rings. The molecule has 1 heterocycles. The molecule has 2 nitrogen and oxygen atoms in total. The van der Waals surface area contributed by atoms with Crippen molar-refractivity contribution < 1.29 is 0 Å². The summed E-state index contributed by atoms with van der Waals surface area (Å²) < 4.78 is 0. The van der Waals surface area contributed by atoms with E-state index in [4.69, 9.17) is 11.6 Å². The van der Waals surface area contributed by atoms with Crippen molar-refractivity contribution in [3.63, 3.8) is 0 Å². The summed E-state index contributed by atoms with van der Waals surface area (Å²) in [5.41, 5.74) is 0.834. The van der Waals surface area contributed by atoms with Crippen LogP contribution in [0.4, 0.5) is 0 Å². The normalized spacial score (nSPS) is 9.90. The molecule has 0 fully saturated rings. The molecule has 1 rings (SSSR count). The third-order valence-electron chi connectivity index (χ3n) is 1.13. The Hall–Kier alpha value is -0.280. The molecule has 1 aromatic rings. The SMILES string of the molecule is CSc1ncnc(C)c1Cl. The summed E-state index contributed by atoms with van der Waals surface area (Å²) in [5, 5.41) is 1.50. The molecule has 0 saturated carbocycles. The minimum atomic E-state index is 0.662. The van der Waals surface area contributed by atoms with Gasteiger partial charge in [-0.3, -0.25) is 0 Å². The maximum absolute atomic E-state index is 5.85. The maximum Gasteiger partial charge on any atom is 0.118 e. The second kappa shape index (κ2) is 3.21. The fourth-order valence-electron chi connectivity index (χ4n) is 0.578. The van der Waals surface area contributed by atoms with Crippen LogP contribution in [0, 0.1) is 6.92 Å². The first kappa shape index (κ1) is 7.82. The van der Waals surface area contributed by atoms with Crippen molar-refractivity contribution >= 4 is 23.4 Å². The van der Waals surface area contributed by atoms with Gasteiger partial charge in [0.05, 0.1) is 10.7 Å². The van der Waals surface area contributed by atoms with Gasteiger partial charge in [0.25, 0.3) is 0 Å². The number of thioether (sulfide) groups is 1. The van der Waals surface area contributed by atoms with Crippen molar-refractivity contribution in [1.82, 2.24) is 9.97 Å². The van der Waals surface area contributed by atoms with Crippen molar-refractivity contribution in [1.29, 1.82) is 0 Å². The summed E-state index contributed by atoms with van der Waals surface area (Å²) in [7, 11) is 0. The zero-order valence-electron chi connectivity index (χ0n) is 5.76. The summed E-state index contributed by atoms with van der Waals surface area (Å²) in [6.45, 7) is 1.86. The van der Waals surface area contributed by atoms with Gasteiger partial charge in [0, 0.05) is 0 Å². The number of aromatic nitrogens is 2. The topological polar surface area (TPSA) is 25.8 Å². The molecule has 0 N–H and O–H groups in total. The van der Waals surface area contributed by atoms with E-state index >= 15 is 0 Å². The molecule has 0 unspecified atom stereocenters. The predicted octanol–water partition coefficient (Wildman–Crippen LogP) is 2.16. The molecule has 0 amide bonds. The Kier molecular flexibility index (Phi) is 2.51. The van der Waals surface area contributed by atoms with Crippen molar-refractivity contribution in [3.8, 4) is 0 Å². The Balaban J connectivity index is 3.14. The Morgan fingerprint density at radius 2 is 2.20 bits per heavy atom. The van der Waals surface area contributed by atoms with Gasteiger partial charge in [-0.25, -0.2) is 9.97 Å². The quantitative estimate of drug-likeness (QED) is 0.482. The van der Waals surface area contributed by atoms with E-state index < -0.39 is 0 Å². The van der Waals surface area contributed by atoms with Crippen LogP contribution in [0.25, 0.3) is 0 Å². The molecule has 1 aromatic heterocycles. The molecular weight excluding hydrogens is 168 g/mol. The molecule has 0 spiro atoms. The predicted molar refractivity (Wildman–Crippen MR) is 43.6 cm³/mol. The number of rotatable bonds is 1. The van der Waals surface area contributed by atoms with Gasteiger partial charge in [0.1, 0.15) is 11.4 Å². The van der Waals surface area contributed by atoms with Gasteiger partial charge < -0.3 is 0 Å². The van der Waals surface area contributed by atoms with E-state index in [1.54, 1.807) is 0 Å². The van der Waals surface area contributed by atoms with Gasteiger partial charge in [-0.1, -0.05) is 11.6 Å². The standard InChI is InChI=1S/C6H7ClN2S/c1-4-5(7)6(10-2)9-3-8-4/h3H,1-2H3. The van der Waals surface area contributed by atoms with E-state index in [2.05, 4.69) is 9.97 Å². The highest BCUT2D eigenvalue weighted by atomic mass is 35.5. The average molecular weight is 175 g/mol. The molecule has 10 heavy (non-hydrogen) atoms. The van der Waals surface area contributed by atoms with Crippen LogP contribution in [0.5, 0.6) is 0 Å². The van der Waals surface area contributed by atoms with Crippen molar-refractivity contribution in [2.45, 2.75) is 11.9 Å². The monoisotopic (exact) mass is 174 g/mol. The zero-order chi connectivity index (χ0) is 7.56. The first-order valence-electron chi connectivity index (χ1n) is 2.76. The summed E-state index contributed by atoms with van der Waals surface area (Å²) in [4.78, 5) is 7.91. The second-order valence-electron chi connectivity index (χ2n) is 1.78. The van der Waals surface area contributed by atoms with E-state index in [-0.39, 0.29) is 0 Å². The van der Waals surface area contributed by atoms with Gasteiger partial charge in [0.2, 0.25) is 0 Å². The average Bonchev–Trinajstić information content (AvgIpc) is 1.95. The molecule has 4 heteroatoms. The van der Waals surface area contributed by atoms with Crippen LogP contribution in [0.2, 0.25) is 5.02 Å². The number of halogens is 1. The number of nitrogens with zero attached hydrogens (tertiary/aromatic N) is 2. The van der Waals surface area contributed by atoms with Gasteiger partial charge in [0.15, 0.2) is 0 Å². The molecule has 0 atom stereocenters. The highest BCUT2D eigenvalue weighted by molar-refractivity contribution is 7.98. The van der Waals surface area contributed by atoms with Gasteiger partial charge in [-0.2, -0.15) is 0 Å². The largest absolute Gasteiger partial charge is 0.240 e. The summed E-state index contributed by atoms with van der Waals surface area (Å²) in [6, 6.07) is 0. The lowest BCUT2D eigenvalue weighted by atomic mass is 10.5. The van der Waals surface area contributed by atoms with E-state index in [1.807, 2.05) is 13.2 Å². The molecule has 54 valence electrons. The number of hydrogen-bond acceptors (Lipinski definition) is 3. The Bertz CT molecular complexity index is 239. The Morgan fingerprint density at radius 1 is 1.50 bits per heavy atom. The first-order chi connectivity index (χ1) is 4.75. The third kappa shape index (κ3) is 1.41. The first-order valence-corrected chi connectivity index (χ1v) is 4.37. The van der Waals surface area contributed by atoms with E-state index in [0.717, 1.165) is 10.7 Å². The molecule has 0 bridgehead atoms. The number of aryl methyl sites for hydroxylation is 1. The van der Waals surface area contributed by atoms with Crippen molar-refractivity contribution in [3.05, 3.63) is 17.0 Å². The van der Waals surface area contributed by atoms with Gasteiger partial charge in [-0.05, 0) is 13.2 Å². The third-order valence-corrected chi connectivity index (χ3v) is 2.39. The van der Waals surface area contributed by atoms with E-state index in [0.29, 0.717) is 5.02 Å². The van der Waals surface area contributed by atoms with Crippen LogP contribution in [0.3, 0.4) is 0 Å². The Morgan fingerprint density at radius 3 is 2.70 bits per heavy atom. The van der Waals surface area contributed by atoms with Gasteiger partial charge >= 0.3 is 0 Å². The highest BCUT2D eigenvalue weighted by Crippen LogP contribution is 2.23. The molecule has 0 saturated heterocycles. The van der Waals surface area contributed by atoms with Crippen LogP contribution in [-0.2, 0) is 0 Å². The molecule has 0 aliphatic heterocycles. The fraction of sp³-hybridized carbons (Fsp3) is 0.333. The maximum atomic E-state index is 5.85. The lowest BCUT2D eigenvalue weighted by molar-refractivity contribution is 1.01. The second-order valence-corrected chi connectivity index (χ2v) is 2.96. The van der Waals surface area contributed by atoms with Crippen LogP contribution in [-0.4, -0.2) is 16.2 Å². The van der Waals surface area contributed by atoms with E-state index in [1.165, 1.54) is 18.1 Å². The summed E-state index contributed by atoms with van der Waals surface area (Å²) in [6.07, 6.45) is 3.46. The lowest BCUT2D eigenvalue weighted by Crippen LogP contribution is -1.87. The molecule has 0 radical (unpaired) electrons. The summed E-state index contributed by atoms with van der Waals surface area (Å²) in [5.74, 6) is 0. The van der Waals surface area contributed by atoms with Crippen LogP contribution < -0.4 is 0 Å². The molecule has 0 aromatic carbocycles. The smallest absolute Gasteiger partial charge is 0.118 e. The zero-order valence-corrected chi connectivity index (χ0v) is 7.33. The van der Waals surface area contributed by atoms with Crippen LogP contribution in [0.15, 0.2) is 11.4 Å². The lowest BCUT2D eigenvalue weighted by Gasteiger charge is -1.99. The van der Waals surface area contributed by atoms with Gasteiger partial charge in [-0.15, -0.1) is 11.8 Å². The highest BCUT2D eigenvalue weighted by Gasteiger charge is 2.02.